The number of hydrogen-bond donors (Lipinski definition) is 0. The maximum absolute atomic E-state index is 5.94. The van der Waals surface area contributed by atoms with Crippen molar-refractivity contribution in [3.05, 3.63) is 53.3 Å². The van der Waals surface area contributed by atoms with Gasteiger partial charge in [-0.25, -0.2) is 0 Å². The molecule has 1 aliphatic heterocycles. The van der Waals surface area contributed by atoms with Crippen molar-refractivity contribution in [2.24, 2.45) is 5.10 Å². The van der Waals surface area contributed by atoms with Gasteiger partial charge in [-0.2, -0.15) is 9.78 Å². The summed E-state index contributed by atoms with van der Waals surface area (Å²) in [5, 5.41) is 14.0. The van der Waals surface area contributed by atoms with Gasteiger partial charge in [-0.05, 0) is 12.5 Å². The lowest BCUT2D eigenvalue weighted by Gasteiger charge is -2.16. The minimum absolute atomic E-state index is 0.191. The van der Waals surface area contributed by atoms with Crippen LogP contribution in [0.15, 0.2) is 46.7 Å². The van der Waals surface area contributed by atoms with E-state index in [1.54, 1.807) is 49.9 Å². The number of methoxy groups -OCH3 is 3. The number of fused-ring (bicyclic) bond motifs is 1. The highest BCUT2D eigenvalue weighted by Crippen LogP contribution is 2.41. The second-order valence-corrected chi connectivity index (χ2v) is 7.50. The van der Waals surface area contributed by atoms with E-state index in [0.717, 1.165) is 22.2 Å². The molecule has 0 N–H and O–H groups in total. The summed E-state index contributed by atoms with van der Waals surface area (Å²) in [5.41, 5.74) is 3.28. The van der Waals surface area contributed by atoms with Crippen LogP contribution in [0.3, 0.4) is 0 Å². The van der Waals surface area contributed by atoms with E-state index in [2.05, 4.69) is 41.4 Å². The Morgan fingerprint density at radius 2 is 1.67 bits per heavy atom. The Bertz CT molecular complexity index is 1050. The van der Waals surface area contributed by atoms with Gasteiger partial charge >= 0.3 is 0 Å². The summed E-state index contributed by atoms with van der Waals surface area (Å²) in [4.78, 5) is 0. The van der Waals surface area contributed by atoms with E-state index in [0.29, 0.717) is 28.8 Å². The maximum Gasteiger partial charge on any atom is 0.212 e. The van der Waals surface area contributed by atoms with Crippen molar-refractivity contribution in [1.29, 1.82) is 0 Å². The molecule has 30 heavy (non-hydrogen) atoms. The predicted molar refractivity (Wildman–Crippen MR) is 114 cm³/mol. The lowest BCUT2D eigenvalue weighted by molar-refractivity contribution is 0.279. The van der Waals surface area contributed by atoms with Gasteiger partial charge in [0.05, 0.1) is 27.0 Å². The summed E-state index contributed by atoms with van der Waals surface area (Å²) in [6.45, 7) is 2.26. The van der Waals surface area contributed by atoms with Crippen LogP contribution < -0.4 is 18.9 Å². The van der Waals surface area contributed by atoms with Gasteiger partial charge in [-0.15, -0.1) is 10.2 Å². The minimum atomic E-state index is 0.191. The predicted octanol–water partition coefficient (Wildman–Crippen LogP) is 3.55. The third-order valence-corrected chi connectivity index (χ3v) is 5.56. The van der Waals surface area contributed by atoms with E-state index in [9.17, 15) is 0 Å². The Hall–Kier alpha value is -3.20. The molecule has 0 spiro atoms. The highest BCUT2D eigenvalue weighted by atomic mass is 32.2. The molecule has 0 fully saturated rings. The van der Waals surface area contributed by atoms with Crippen molar-refractivity contribution in [2.45, 2.75) is 18.7 Å². The smallest absolute Gasteiger partial charge is 0.212 e. The lowest BCUT2D eigenvalue weighted by Crippen LogP contribution is -2.15. The highest BCUT2D eigenvalue weighted by Gasteiger charge is 2.21. The van der Waals surface area contributed by atoms with Crippen LogP contribution in [-0.4, -0.2) is 47.7 Å². The number of rotatable bonds is 7. The SMILES string of the molecule is COc1cc(OCc2nnc3n2N=C(c2ccc(C)cc2)CS3)cc(OC)c1OC. The third-order valence-electron chi connectivity index (χ3n) is 4.63. The second kappa shape index (κ2) is 8.66. The first-order chi connectivity index (χ1) is 14.6. The molecule has 2 heterocycles. The molecule has 8 nitrogen and oxygen atoms in total. The first-order valence-corrected chi connectivity index (χ1v) is 10.3. The molecule has 0 atom stereocenters. The Morgan fingerprint density at radius 3 is 2.30 bits per heavy atom. The summed E-state index contributed by atoms with van der Waals surface area (Å²) in [5.74, 6) is 3.46. The van der Waals surface area contributed by atoms with Crippen LogP contribution in [0.5, 0.6) is 23.0 Å². The number of aromatic nitrogens is 3. The van der Waals surface area contributed by atoms with Crippen molar-refractivity contribution in [2.75, 3.05) is 27.1 Å². The normalized spacial score (nSPS) is 12.7. The van der Waals surface area contributed by atoms with E-state index in [4.69, 9.17) is 24.0 Å². The topological polar surface area (TPSA) is 80.0 Å². The van der Waals surface area contributed by atoms with Gasteiger partial charge in [-0.1, -0.05) is 41.6 Å². The molecule has 4 rings (SSSR count). The average Bonchev–Trinajstić information content (AvgIpc) is 3.19. The van der Waals surface area contributed by atoms with Crippen molar-refractivity contribution in [3.63, 3.8) is 0 Å². The zero-order valence-corrected chi connectivity index (χ0v) is 18.0. The van der Waals surface area contributed by atoms with Gasteiger partial charge in [0.25, 0.3) is 0 Å². The number of benzene rings is 2. The molecule has 0 unspecified atom stereocenters. The number of aryl methyl sites for hydroxylation is 1. The molecular formula is C21H22N4O4S. The van der Waals surface area contributed by atoms with E-state index in [1.807, 2.05) is 0 Å². The van der Waals surface area contributed by atoms with Crippen molar-refractivity contribution < 1.29 is 18.9 Å². The molecule has 0 aliphatic carbocycles. The molecule has 1 aromatic heterocycles. The molecule has 3 aromatic rings. The van der Waals surface area contributed by atoms with Gasteiger partial charge < -0.3 is 18.9 Å². The van der Waals surface area contributed by atoms with Crippen molar-refractivity contribution in [1.82, 2.24) is 14.9 Å². The van der Waals surface area contributed by atoms with Crippen LogP contribution in [-0.2, 0) is 6.61 Å². The van der Waals surface area contributed by atoms with Crippen LogP contribution in [0.4, 0.5) is 0 Å². The Labute approximate surface area is 178 Å². The van der Waals surface area contributed by atoms with E-state index < -0.39 is 0 Å². The molecule has 9 heteroatoms. The molecule has 0 radical (unpaired) electrons. The maximum atomic E-state index is 5.94. The molecular weight excluding hydrogens is 404 g/mol. The van der Waals surface area contributed by atoms with Gasteiger partial charge in [0, 0.05) is 17.9 Å². The minimum Gasteiger partial charge on any atom is -0.493 e. The fourth-order valence-corrected chi connectivity index (χ4v) is 3.89. The molecule has 0 bridgehead atoms. The van der Waals surface area contributed by atoms with E-state index >= 15 is 0 Å². The highest BCUT2D eigenvalue weighted by molar-refractivity contribution is 7.99. The van der Waals surface area contributed by atoms with Crippen LogP contribution >= 0.6 is 11.8 Å². The van der Waals surface area contributed by atoms with Gasteiger partial charge in [0.15, 0.2) is 17.3 Å². The summed E-state index contributed by atoms with van der Waals surface area (Å²) in [6, 6.07) is 11.8. The largest absolute Gasteiger partial charge is 0.493 e. The number of ether oxygens (including phenoxy) is 4. The lowest BCUT2D eigenvalue weighted by atomic mass is 10.1. The number of hydrogen-bond acceptors (Lipinski definition) is 8. The van der Waals surface area contributed by atoms with Crippen LogP contribution in [0.2, 0.25) is 0 Å². The summed E-state index contributed by atoms with van der Waals surface area (Å²) in [6.07, 6.45) is 0. The fraction of sp³-hybridized carbons (Fsp3) is 0.286. The molecule has 0 amide bonds. The zero-order chi connectivity index (χ0) is 21.1. The molecule has 0 saturated heterocycles. The molecule has 156 valence electrons. The summed E-state index contributed by atoms with van der Waals surface area (Å²) >= 11 is 1.60. The van der Waals surface area contributed by atoms with Gasteiger partial charge in [0.1, 0.15) is 12.4 Å². The molecule has 0 saturated carbocycles. The second-order valence-electron chi connectivity index (χ2n) is 6.56. The van der Waals surface area contributed by atoms with Crippen molar-refractivity contribution >= 4 is 17.5 Å². The standard InChI is InChI=1S/C21H22N4O4S/c1-13-5-7-14(8-6-13)16-12-30-21-23-22-19(25(21)24-16)11-29-15-9-17(26-2)20(28-4)18(10-15)27-3/h5-10H,11-12H2,1-4H3. The Balaban J connectivity index is 1.57. The first-order valence-electron chi connectivity index (χ1n) is 9.27. The van der Waals surface area contributed by atoms with Crippen LogP contribution in [0.1, 0.15) is 17.0 Å². The number of thioether (sulfide) groups is 1. The Morgan fingerprint density at radius 1 is 0.967 bits per heavy atom. The fourth-order valence-electron chi connectivity index (χ4n) is 3.03. The first kappa shape index (κ1) is 20.1. The van der Waals surface area contributed by atoms with Crippen LogP contribution in [0, 0.1) is 6.92 Å². The zero-order valence-electron chi connectivity index (χ0n) is 17.2. The van der Waals surface area contributed by atoms with E-state index in [1.165, 1.54) is 5.56 Å². The summed E-state index contributed by atoms with van der Waals surface area (Å²) < 4.78 is 23.8. The Kier molecular flexibility index (Phi) is 5.80. The summed E-state index contributed by atoms with van der Waals surface area (Å²) in [7, 11) is 4.69. The van der Waals surface area contributed by atoms with Gasteiger partial charge in [0.2, 0.25) is 10.9 Å². The van der Waals surface area contributed by atoms with E-state index in [-0.39, 0.29) is 6.61 Å². The third kappa shape index (κ3) is 3.93. The van der Waals surface area contributed by atoms with Crippen LogP contribution in [0.25, 0.3) is 0 Å². The van der Waals surface area contributed by atoms with Gasteiger partial charge in [-0.3, -0.25) is 0 Å². The molecule has 1 aliphatic rings. The monoisotopic (exact) mass is 426 g/mol. The molecule has 2 aromatic carbocycles. The quantitative estimate of drug-likeness (QED) is 0.572. The number of nitrogens with zero attached hydrogens (tertiary/aromatic N) is 4. The van der Waals surface area contributed by atoms with Crippen molar-refractivity contribution in [3.8, 4) is 23.0 Å². The average molecular weight is 426 g/mol.